The fourth-order valence-corrected chi connectivity index (χ4v) is 4.51. The lowest BCUT2D eigenvalue weighted by Gasteiger charge is -2.27. The quantitative estimate of drug-likeness (QED) is 0.859. The van der Waals surface area contributed by atoms with Crippen molar-refractivity contribution in [1.29, 1.82) is 0 Å². The zero-order valence-electron chi connectivity index (χ0n) is 14.7. The number of nitrogens with one attached hydrogen (secondary N) is 2. The molecule has 5 nitrogen and oxygen atoms in total. The molecule has 2 aliphatic heterocycles. The van der Waals surface area contributed by atoms with Gasteiger partial charge < -0.3 is 15.5 Å². The molecular weight excluding hydrogens is 314 g/mol. The standard InChI is InChI=1S/C20H27N3O2/c24-18-7-4-12-23(18)14-17(15-5-2-1-3-6-15)22-19(25)16-13-20(16)8-10-21-11-9-20/h1-3,5-6,16-17,21H,4,7-14H2,(H,22,25). The average Bonchev–Trinajstić information content (AvgIpc) is 3.18. The van der Waals surface area contributed by atoms with Gasteiger partial charge in [0.1, 0.15) is 0 Å². The van der Waals surface area contributed by atoms with Gasteiger partial charge in [0, 0.05) is 25.4 Å². The molecule has 134 valence electrons. The van der Waals surface area contributed by atoms with Crippen molar-refractivity contribution in [1.82, 2.24) is 15.5 Å². The van der Waals surface area contributed by atoms with Crippen molar-refractivity contribution in [3.63, 3.8) is 0 Å². The lowest BCUT2D eigenvalue weighted by atomic mass is 9.91. The van der Waals surface area contributed by atoms with Crippen molar-refractivity contribution in [2.24, 2.45) is 11.3 Å². The number of carbonyl (C=O) groups excluding carboxylic acids is 2. The second kappa shape index (κ2) is 6.79. The molecule has 1 aliphatic carbocycles. The number of likely N-dealkylation sites (tertiary alicyclic amines) is 1. The summed E-state index contributed by atoms with van der Waals surface area (Å²) in [6.45, 7) is 3.43. The zero-order chi connectivity index (χ0) is 17.3. The molecule has 1 aromatic rings. The Morgan fingerprint density at radius 1 is 1.28 bits per heavy atom. The Hall–Kier alpha value is -1.88. The van der Waals surface area contributed by atoms with Gasteiger partial charge in [-0.2, -0.15) is 0 Å². The fraction of sp³-hybridized carbons (Fsp3) is 0.600. The Labute approximate surface area is 149 Å². The number of nitrogens with zero attached hydrogens (tertiary/aromatic N) is 1. The maximum atomic E-state index is 12.9. The molecule has 2 N–H and O–H groups in total. The number of piperidine rings is 1. The first-order valence-corrected chi connectivity index (χ1v) is 9.52. The average molecular weight is 341 g/mol. The molecule has 3 aliphatic rings. The highest BCUT2D eigenvalue weighted by Crippen LogP contribution is 2.58. The highest BCUT2D eigenvalue weighted by Gasteiger charge is 2.57. The first-order chi connectivity index (χ1) is 12.2. The highest BCUT2D eigenvalue weighted by atomic mass is 16.2. The molecule has 2 unspecified atom stereocenters. The molecule has 0 radical (unpaired) electrons. The van der Waals surface area contributed by atoms with Crippen molar-refractivity contribution in [3.8, 4) is 0 Å². The van der Waals surface area contributed by atoms with Crippen LogP contribution in [-0.2, 0) is 9.59 Å². The van der Waals surface area contributed by atoms with E-state index in [9.17, 15) is 9.59 Å². The topological polar surface area (TPSA) is 61.4 Å². The highest BCUT2D eigenvalue weighted by molar-refractivity contribution is 5.83. The van der Waals surface area contributed by atoms with Crippen LogP contribution < -0.4 is 10.6 Å². The minimum atomic E-state index is -0.116. The van der Waals surface area contributed by atoms with Gasteiger partial charge in [-0.3, -0.25) is 9.59 Å². The summed E-state index contributed by atoms with van der Waals surface area (Å²) in [6.07, 6.45) is 4.78. The van der Waals surface area contributed by atoms with Crippen molar-refractivity contribution in [2.75, 3.05) is 26.2 Å². The van der Waals surface area contributed by atoms with Crippen molar-refractivity contribution in [2.45, 2.75) is 38.1 Å². The van der Waals surface area contributed by atoms with Crippen LogP contribution in [0.25, 0.3) is 0 Å². The van der Waals surface area contributed by atoms with Crippen LogP contribution in [0.1, 0.15) is 43.7 Å². The number of rotatable bonds is 5. The SMILES string of the molecule is O=C(NC(CN1CCCC1=O)c1ccccc1)C1CC12CCNCC2. The summed E-state index contributed by atoms with van der Waals surface area (Å²) in [6, 6.07) is 9.93. The third-order valence-corrected chi connectivity index (χ3v) is 6.20. The van der Waals surface area contributed by atoms with Crippen LogP contribution in [0.5, 0.6) is 0 Å². The third-order valence-electron chi connectivity index (χ3n) is 6.20. The Bertz CT molecular complexity index is 640. The number of hydrogen-bond acceptors (Lipinski definition) is 3. The van der Waals surface area contributed by atoms with Gasteiger partial charge in [-0.25, -0.2) is 0 Å². The van der Waals surface area contributed by atoms with Crippen LogP contribution in [0.2, 0.25) is 0 Å². The molecule has 2 atom stereocenters. The molecular formula is C20H27N3O2. The maximum Gasteiger partial charge on any atom is 0.224 e. The van der Waals surface area contributed by atoms with Crippen LogP contribution in [0.4, 0.5) is 0 Å². The predicted molar refractivity (Wildman–Crippen MR) is 95.8 cm³/mol. The number of hydrogen-bond donors (Lipinski definition) is 2. The summed E-state index contributed by atoms with van der Waals surface area (Å²) >= 11 is 0. The smallest absolute Gasteiger partial charge is 0.224 e. The Balaban J connectivity index is 1.45. The van der Waals surface area contributed by atoms with Gasteiger partial charge >= 0.3 is 0 Å². The first-order valence-electron chi connectivity index (χ1n) is 9.52. The summed E-state index contributed by atoms with van der Waals surface area (Å²) in [5.74, 6) is 0.522. The maximum absolute atomic E-state index is 12.9. The van der Waals surface area contributed by atoms with Gasteiger partial charge in [-0.1, -0.05) is 30.3 Å². The van der Waals surface area contributed by atoms with E-state index in [-0.39, 0.29) is 29.2 Å². The van der Waals surface area contributed by atoms with Gasteiger partial charge in [-0.05, 0) is 49.8 Å². The molecule has 1 saturated carbocycles. The number of amides is 2. The third kappa shape index (κ3) is 3.43. The molecule has 2 amide bonds. The molecule has 1 spiro atoms. The van der Waals surface area contributed by atoms with E-state index in [0.29, 0.717) is 13.0 Å². The molecule has 4 rings (SSSR count). The van der Waals surface area contributed by atoms with E-state index in [1.165, 1.54) is 0 Å². The minimum absolute atomic E-state index is 0.116. The normalized spacial score (nSPS) is 25.8. The van der Waals surface area contributed by atoms with E-state index < -0.39 is 0 Å². The van der Waals surface area contributed by atoms with Crippen LogP contribution in [-0.4, -0.2) is 42.9 Å². The largest absolute Gasteiger partial charge is 0.347 e. The van der Waals surface area contributed by atoms with Crippen LogP contribution in [0.15, 0.2) is 30.3 Å². The second-order valence-corrected chi connectivity index (χ2v) is 7.78. The van der Waals surface area contributed by atoms with Crippen LogP contribution in [0.3, 0.4) is 0 Å². The van der Waals surface area contributed by atoms with Crippen LogP contribution >= 0.6 is 0 Å². The van der Waals surface area contributed by atoms with Gasteiger partial charge in [0.2, 0.25) is 11.8 Å². The predicted octanol–water partition coefficient (Wildman–Crippen LogP) is 1.86. The summed E-state index contributed by atoms with van der Waals surface area (Å²) in [5.41, 5.74) is 1.32. The summed E-state index contributed by atoms with van der Waals surface area (Å²) < 4.78 is 0. The van der Waals surface area contributed by atoms with E-state index in [1.807, 2.05) is 35.2 Å². The molecule has 2 heterocycles. The monoisotopic (exact) mass is 341 g/mol. The molecule has 0 bridgehead atoms. The lowest BCUT2D eigenvalue weighted by molar-refractivity contribution is -0.129. The molecule has 3 fully saturated rings. The van der Waals surface area contributed by atoms with Gasteiger partial charge in [-0.15, -0.1) is 0 Å². The van der Waals surface area contributed by atoms with E-state index in [2.05, 4.69) is 10.6 Å². The van der Waals surface area contributed by atoms with Gasteiger partial charge in [0.05, 0.1) is 6.04 Å². The Morgan fingerprint density at radius 2 is 2.04 bits per heavy atom. The summed E-state index contributed by atoms with van der Waals surface area (Å²) in [5, 5.41) is 6.64. The van der Waals surface area contributed by atoms with E-state index >= 15 is 0 Å². The van der Waals surface area contributed by atoms with Gasteiger partial charge in [0.25, 0.3) is 0 Å². The van der Waals surface area contributed by atoms with E-state index in [0.717, 1.165) is 50.9 Å². The van der Waals surface area contributed by atoms with Crippen LogP contribution in [0, 0.1) is 11.3 Å². The molecule has 5 heteroatoms. The molecule has 25 heavy (non-hydrogen) atoms. The summed E-state index contributed by atoms with van der Waals surface area (Å²) in [7, 11) is 0. The van der Waals surface area contributed by atoms with Crippen molar-refractivity contribution < 1.29 is 9.59 Å². The van der Waals surface area contributed by atoms with Crippen molar-refractivity contribution >= 4 is 11.8 Å². The van der Waals surface area contributed by atoms with E-state index in [4.69, 9.17) is 0 Å². The summed E-state index contributed by atoms with van der Waals surface area (Å²) in [4.78, 5) is 26.8. The molecule has 2 saturated heterocycles. The molecule has 0 aromatic heterocycles. The Morgan fingerprint density at radius 3 is 2.72 bits per heavy atom. The lowest BCUT2D eigenvalue weighted by Crippen LogP contribution is -2.40. The number of benzene rings is 1. The fourth-order valence-electron chi connectivity index (χ4n) is 4.51. The van der Waals surface area contributed by atoms with E-state index in [1.54, 1.807) is 0 Å². The Kier molecular flexibility index (Phi) is 4.50. The minimum Gasteiger partial charge on any atom is -0.347 e. The second-order valence-electron chi connectivity index (χ2n) is 7.78. The molecule has 1 aromatic carbocycles. The zero-order valence-corrected chi connectivity index (χ0v) is 14.7. The number of carbonyl (C=O) groups is 2. The van der Waals surface area contributed by atoms with Gasteiger partial charge in [0.15, 0.2) is 0 Å². The first kappa shape index (κ1) is 16.6. The van der Waals surface area contributed by atoms with Crippen molar-refractivity contribution in [3.05, 3.63) is 35.9 Å².